The van der Waals surface area contributed by atoms with Crippen molar-refractivity contribution in [2.75, 3.05) is 19.8 Å². The molecule has 0 amide bonds. The molecule has 0 bridgehead atoms. The van der Waals surface area contributed by atoms with E-state index in [1.54, 1.807) is 30.3 Å². The summed E-state index contributed by atoms with van der Waals surface area (Å²) in [6, 6.07) is 6.92. The van der Waals surface area contributed by atoms with Gasteiger partial charge in [0.2, 0.25) is 0 Å². The van der Waals surface area contributed by atoms with E-state index >= 15 is 0 Å². The second-order valence-corrected chi connectivity index (χ2v) is 8.18. The number of aliphatic hydroxyl groups is 1. The number of nitrogens with one attached hydrogen (secondary N) is 1. The minimum atomic E-state index is -0.838. The van der Waals surface area contributed by atoms with Gasteiger partial charge < -0.3 is 24.6 Å². The zero-order chi connectivity index (χ0) is 24.1. The highest BCUT2D eigenvalue weighted by Crippen LogP contribution is 2.43. The lowest BCUT2D eigenvalue weighted by Crippen LogP contribution is -2.55. The average Bonchev–Trinajstić information content (AvgIpc) is 2.84. The van der Waals surface area contributed by atoms with Crippen LogP contribution >= 0.6 is 0 Å². The molecule has 0 aliphatic carbocycles. The van der Waals surface area contributed by atoms with Crippen molar-refractivity contribution >= 4 is 5.94 Å². The standard InChI is InChI=1S/C26H36N2O5/c1-4-7-8-9-15-32-21(19-31-14-10-13-29)18-28-24-22-16-20(17-27)11-12-23(22)33-26(5-2,6-3)25(24)30/h10-12,16,18,24-25,28,30H,4-9,14-15,19H2,1-3H3/b21-18+/t24-,25+/m0/s1. The van der Waals surface area contributed by atoms with Gasteiger partial charge in [-0.25, -0.2) is 4.79 Å². The summed E-state index contributed by atoms with van der Waals surface area (Å²) >= 11 is 0. The zero-order valence-corrected chi connectivity index (χ0v) is 19.9. The molecule has 0 fully saturated rings. The van der Waals surface area contributed by atoms with E-state index in [1.165, 1.54) is 6.08 Å². The molecule has 0 unspecified atom stereocenters. The number of hydrogen-bond acceptors (Lipinski definition) is 7. The minimum absolute atomic E-state index is 0.142. The first kappa shape index (κ1) is 26.5. The zero-order valence-electron chi connectivity index (χ0n) is 19.9. The maximum atomic E-state index is 11.3. The van der Waals surface area contributed by atoms with Crippen LogP contribution in [0.25, 0.3) is 0 Å². The summed E-state index contributed by atoms with van der Waals surface area (Å²) in [5.74, 6) is 2.92. The molecule has 2 rings (SSSR count). The number of rotatable bonds is 14. The molecule has 0 saturated carbocycles. The van der Waals surface area contributed by atoms with E-state index in [4.69, 9.17) is 14.2 Å². The van der Waals surface area contributed by atoms with Crippen molar-refractivity contribution < 1.29 is 24.1 Å². The van der Waals surface area contributed by atoms with Gasteiger partial charge in [0.1, 0.15) is 35.8 Å². The number of fused-ring (bicyclic) bond motifs is 1. The Kier molecular flexibility index (Phi) is 11.0. The Morgan fingerprint density at radius 2 is 2.06 bits per heavy atom. The van der Waals surface area contributed by atoms with Crippen molar-refractivity contribution in [2.45, 2.75) is 77.0 Å². The van der Waals surface area contributed by atoms with Crippen LogP contribution < -0.4 is 10.1 Å². The highest BCUT2D eigenvalue weighted by Gasteiger charge is 2.47. The molecule has 0 radical (unpaired) electrons. The topological polar surface area (TPSA) is 101 Å². The molecule has 33 heavy (non-hydrogen) atoms. The number of benzene rings is 1. The van der Waals surface area contributed by atoms with E-state index in [9.17, 15) is 15.2 Å². The molecule has 1 aromatic carbocycles. The van der Waals surface area contributed by atoms with Gasteiger partial charge in [-0.15, -0.1) is 0 Å². The molecule has 1 aromatic rings. The van der Waals surface area contributed by atoms with Crippen molar-refractivity contribution in [1.29, 1.82) is 5.26 Å². The summed E-state index contributed by atoms with van der Waals surface area (Å²) in [5.41, 5.74) is 0.485. The van der Waals surface area contributed by atoms with Gasteiger partial charge in [0.05, 0.1) is 30.9 Å². The second-order valence-electron chi connectivity index (χ2n) is 8.18. The number of unbranched alkanes of at least 4 members (excludes halogenated alkanes) is 3. The molecule has 1 aliphatic rings. The molecule has 1 heterocycles. The van der Waals surface area contributed by atoms with E-state index in [0.717, 1.165) is 31.2 Å². The van der Waals surface area contributed by atoms with Crippen LogP contribution in [0.5, 0.6) is 5.75 Å². The first-order valence-corrected chi connectivity index (χ1v) is 11.8. The molecular weight excluding hydrogens is 420 g/mol. The Morgan fingerprint density at radius 1 is 1.27 bits per heavy atom. The molecule has 7 heteroatoms. The maximum absolute atomic E-state index is 11.3. The van der Waals surface area contributed by atoms with Gasteiger partial charge in [0.15, 0.2) is 0 Å². The Bertz CT molecular complexity index is 866. The van der Waals surface area contributed by atoms with Crippen LogP contribution in [0.4, 0.5) is 0 Å². The fraction of sp³-hybridized carbons (Fsp3) is 0.577. The quantitative estimate of drug-likeness (QED) is 0.244. The summed E-state index contributed by atoms with van der Waals surface area (Å²) in [4.78, 5) is 10.4. The van der Waals surface area contributed by atoms with E-state index in [1.807, 2.05) is 13.8 Å². The Balaban J connectivity index is 2.26. The Hall–Kier alpha value is -2.78. The molecule has 2 atom stereocenters. The van der Waals surface area contributed by atoms with Gasteiger partial charge in [0, 0.05) is 17.8 Å². The van der Waals surface area contributed by atoms with Crippen molar-refractivity contribution in [3.8, 4) is 11.8 Å². The number of carbonyl (C=O) groups excluding carboxylic acids is 1. The molecule has 7 nitrogen and oxygen atoms in total. The van der Waals surface area contributed by atoms with Crippen LogP contribution in [0.15, 0.2) is 36.2 Å². The first-order chi connectivity index (χ1) is 16.0. The normalized spacial score (nSPS) is 18.9. The van der Waals surface area contributed by atoms with E-state index < -0.39 is 17.7 Å². The number of nitriles is 1. The van der Waals surface area contributed by atoms with Crippen LogP contribution in [-0.4, -0.2) is 42.6 Å². The predicted molar refractivity (Wildman–Crippen MR) is 126 cm³/mol. The summed E-state index contributed by atoms with van der Waals surface area (Å²) in [7, 11) is 0. The lowest BCUT2D eigenvalue weighted by Gasteiger charge is -2.45. The largest absolute Gasteiger partial charge is 0.494 e. The van der Waals surface area contributed by atoms with Crippen molar-refractivity contribution in [3.63, 3.8) is 0 Å². The smallest absolute Gasteiger partial charge is 0.137 e. The summed E-state index contributed by atoms with van der Waals surface area (Å²) in [5, 5.41) is 24.0. The van der Waals surface area contributed by atoms with Crippen LogP contribution in [0.3, 0.4) is 0 Å². The molecule has 0 saturated heterocycles. The van der Waals surface area contributed by atoms with Crippen LogP contribution in [-0.2, 0) is 14.3 Å². The average molecular weight is 457 g/mol. The third-order valence-corrected chi connectivity index (χ3v) is 6.08. The SMILES string of the molecule is CCCCCCO/C(=C/N[C@H]1c2cc(C#N)ccc2OC(CC)(CC)[C@@H]1O)COCC=C=O. The van der Waals surface area contributed by atoms with Gasteiger partial charge in [-0.05, 0) is 37.5 Å². The van der Waals surface area contributed by atoms with E-state index in [0.29, 0.717) is 36.5 Å². The highest BCUT2D eigenvalue weighted by molar-refractivity contribution is 5.47. The lowest BCUT2D eigenvalue weighted by atomic mass is 9.80. The van der Waals surface area contributed by atoms with E-state index in [2.05, 4.69) is 18.3 Å². The minimum Gasteiger partial charge on any atom is -0.494 e. The first-order valence-electron chi connectivity index (χ1n) is 11.8. The van der Waals surface area contributed by atoms with Gasteiger partial charge in [-0.3, -0.25) is 0 Å². The summed E-state index contributed by atoms with van der Waals surface area (Å²) < 4.78 is 17.7. The van der Waals surface area contributed by atoms with Gasteiger partial charge >= 0.3 is 0 Å². The van der Waals surface area contributed by atoms with Gasteiger partial charge in [-0.2, -0.15) is 5.26 Å². The van der Waals surface area contributed by atoms with Crippen molar-refractivity contribution in [3.05, 3.63) is 47.4 Å². The number of ether oxygens (including phenoxy) is 3. The monoisotopic (exact) mass is 456 g/mol. The fourth-order valence-electron chi connectivity index (χ4n) is 3.99. The second kappa shape index (κ2) is 13.7. The molecule has 1 aliphatic heterocycles. The Morgan fingerprint density at radius 3 is 2.73 bits per heavy atom. The third-order valence-electron chi connectivity index (χ3n) is 6.08. The predicted octanol–water partition coefficient (Wildman–Crippen LogP) is 4.34. The highest BCUT2D eigenvalue weighted by atomic mass is 16.5. The lowest BCUT2D eigenvalue weighted by molar-refractivity contribution is -0.0903. The fourth-order valence-corrected chi connectivity index (χ4v) is 3.99. The number of hydrogen-bond donors (Lipinski definition) is 2. The van der Waals surface area contributed by atoms with Crippen LogP contribution in [0.1, 0.15) is 76.5 Å². The van der Waals surface area contributed by atoms with Gasteiger partial charge in [-0.1, -0.05) is 40.0 Å². The maximum Gasteiger partial charge on any atom is 0.137 e. The number of aliphatic hydroxyl groups excluding tert-OH is 1. The molecule has 0 spiro atoms. The summed E-state index contributed by atoms with van der Waals surface area (Å²) in [6.45, 7) is 7.02. The molecule has 180 valence electrons. The van der Waals surface area contributed by atoms with Crippen LogP contribution in [0.2, 0.25) is 0 Å². The van der Waals surface area contributed by atoms with Crippen LogP contribution in [0, 0.1) is 11.3 Å². The van der Waals surface area contributed by atoms with Crippen molar-refractivity contribution in [2.24, 2.45) is 0 Å². The molecule has 0 aromatic heterocycles. The Labute approximate surface area is 197 Å². The van der Waals surface area contributed by atoms with Crippen molar-refractivity contribution in [1.82, 2.24) is 5.32 Å². The number of nitrogens with zero attached hydrogens (tertiary/aromatic N) is 1. The van der Waals surface area contributed by atoms with E-state index in [-0.39, 0.29) is 13.2 Å². The molecule has 2 N–H and O–H groups in total. The van der Waals surface area contributed by atoms with Gasteiger partial charge in [0.25, 0.3) is 0 Å². The molecular formula is C26H36N2O5. The summed E-state index contributed by atoms with van der Waals surface area (Å²) in [6.07, 6.45) is 7.73. The third kappa shape index (κ3) is 7.10.